The maximum atomic E-state index is 10.3. The van der Waals surface area contributed by atoms with Crippen LogP contribution in [0.15, 0.2) is 11.6 Å². The molecule has 0 amide bonds. The first-order valence-corrected chi connectivity index (χ1v) is 8.30. The van der Waals surface area contributed by atoms with E-state index in [1.807, 2.05) is 6.92 Å². The van der Waals surface area contributed by atoms with Crippen molar-refractivity contribution in [1.82, 2.24) is 4.90 Å². The molecule has 4 heteroatoms. The van der Waals surface area contributed by atoms with E-state index >= 15 is 0 Å². The molecule has 1 aliphatic carbocycles. The first kappa shape index (κ1) is 18.0. The monoisotopic (exact) mass is 303 g/mol. The molecule has 3 nitrogen and oxygen atoms in total. The molecule has 20 heavy (non-hydrogen) atoms. The highest BCUT2D eigenvalue weighted by Gasteiger charge is 2.20. The molecule has 0 aliphatic heterocycles. The Morgan fingerprint density at radius 3 is 2.60 bits per heavy atom. The predicted octanol–water partition coefficient (Wildman–Crippen LogP) is 3.14. The number of hydrogen-bond acceptors (Lipinski definition) is 3. The van der Waals surface area contributed by atoms with Gasteiger partial charge < -0.3 is 10.2 Å². The number of allylic oxidation sites excluding steroid dienone is 1. The Hall–Kier alpha value is -0.0900. The van der Waals surface area contributed by atoms with Gasteiger partial charge in [0.2, 0.25) is 0 Å². The average Bonchev–Trinajstić information content (AvgIpc) is 2.42. The summed E-state index contributed by atoms with van der Waals surface area (Å²) >= 11 is 6.06. The fourth-order valence-electron chi connectivity index (χ4n) is 2.69. The number of aliphatic hydroxyl groups is 2. The van der Waals surface area contributed by atoms with Crippen molar-refractivity contribution in [2.45, 2.75) is 70.6 Å². The van der Waals surface area contributed by atoms with Crippen LogP contribution in [-0.2, 0) is 0 Å². The molecule has 3 unspecified atom stereocenters. The molecule has 0 saturated carbocycles. The van der Waals surface area contributed by atoms with Crippen molar-refractivity contribution in [3.63, 3.8) is 0 Å². The first-order chi connectivity index (χ1) is 9.43. The number of alkyl halides is 1. The molecule has 2 N–H and O–H groups in total. The van der Waals surface area contributed by atoms with Gasteiger partial charge in [-0.25, -0.2) is 0 Å². The zero-order valence-electron chi connectivity index (χ0n) is 13.1. The minimum Gasteiger partial charge on any atom is -0.389 e. The number of nitrogens with zero attached hydrogens (tertiary/aromatic N) is 1. The Kier molecular flexibility index (Phi) is 8.11. The summed E-state index contributed by atoms with van der Waals surface area (Å²) in [5.74, 6) is 0.513. The number of aliphatic hydroxyl groups excluding tert-OH is 2. The van der Waals surface area contributed by atoms with E-state index < -0.39 is 12.3 Å². The van der Waals surface area contributed by atoms with Gasteiger partial charge in [-0.1, -0.05) is 26.8 Å². The van der Waals surface area contributed by atoms with E-state index in [0.29, 0.717) is 12.3 Å². The lowest BCUT2D eigenvalue weighted by atomic mass is 9.93. The third kappa shape index (κ3) is 6.13. The summed E-state index contributed by atoms with van der Waals surface area (Å²) in [6.07, 6.45) is 5.42. The lowest BCUT2D eigenvalue weighted by Gasteiger charge is -2.30. The second-order valence-corrected chi connectivity index (χ2v) is 6.85. The summed E-state index contributed by atoms with van der Waals surface area (Å²) in [6.45, 7) is 7.88. The highest BCUT2D eigenvalue weighted by atomic mass is 35.5. The maximum absolute atomic E-state index is 10.3. The quantitative estimate of drug-likeness (QED) is 0.411. The Morgan fingerprint density at radius 1 is 1.40 bits per heavy atom. The van der Waals surface area contributed by atoms with Crippen molar-refractivity contribution in [3.8, 4) is 0 Å². The second-order valence-electron chi connectivity index (χ2n) is 6.23. The average molecular weight is 304 g/mol. The summed E-state index contributed by atoms with van der Waals surface area (Å²) in [6, 6.07) is 0. The van der Waals surface area contributed by atoms with Crippen LogP contribution in [0.1, 0.15) is 52.9 Å². The molecular formula is C16H30ClNO2. The van der Waals surface area contributed by atoms with Crippen LogP contribution in [0.4, 0.5) is 0 Å². The van der Waals surface area contributed by atoms with Gasteiger partial charge in [-0.2, -0.15) is 0 Å². The fraction of sp³-hybridized carbons (Fsp3) is 0.875. The third-order valence-corrected chi connectivity index (χ3v) is 4.28. The summed E-state index contributed by atoms with van der Waals surface area (Å²) in [4.78, 5) is 2.07. The minimum absolute atomic E-state index is 0.227. The van der Waals surface area contributed by atoms with Crippen LogP contribution in [0.3, 0.4) is 0 Å². The summed E-state index contributed by atoms with van der Waals surface area (Å²) in [5.41, 5.74) is 1.12. The highest BCUT2D eigenvalue weighted by molar-refractivity contribution is 6.20. The van der Waals surface area contributed by atoms with Gasteiger partial charge in [0.05, 0.1) is 6.10 Å². The van der Waals surface area contributed by atoms with Crippen molar-refractivity contribution in [2.75, 3.05) is 13.1 Å². The molecule has 0 fully saturated rings. The Bertz CT molecular complexity index is 307. The molecule has 0 aromatic rings. The SMILES string of the molecule is CCC(O)N(CCC(O)C1=CCC(Cl)CC1)CC(C)C. The Balaban J connectivity index is 2.45. The molecule has 0 bridgehead atoms. The largest absolute Gasteiger partial charge is 0.389 e. The van der Waals surface area contributed by atoms with Gasteiger partial charge in [0.15, 0.2) is 0 Å². The van der Waals surface area contributed by atoms with Crippen LogP contribution in [-0.4, -0.2) is 45.9 Å². The Morgan fingerprint density at radius 2 is 2.10 bits per heavy atom. The van der Waals surface area contributed by atoms with Crippen molar-refractivity contribution in [2.24, 2.45) is 5.92 Å². The van der Waals surface area contributed by atoms with Crippen LogP contribution in [0.5, 0.6) is 0 Å². The molecule has 1 aliphatic rings. The zero-order chi connectivity index (χ0) is 15.1. The van der Waals surface area contributed by atoms with E-state index in [0.717, 1.165) is 44.3 Å². The minimum atomic E-state index is -0.405. The van der Waals surface area contributed by atoms with Crippen LogP contribution in [0.25, 0.3) is 0 Å². The van der Waals surface area contributed by atoms with Gasteiger partial charge in [-0.3, -0.25) is 4.90 Å². The number of rotatable bonds is 8. The second kappa shape index (κ2) is 9.04. The number of halogens is 1. The zero-order valence-corrected chi connectivity index (χ0v) is 13.8. The van der Waals surface area contributed by atoms with Crippen LogP contribution in [0.2, 0.25) is 0 Å². The maximum Gasteiger partial charge on any atom is 0.107 e. The topological polar surface area (TPSA) is 43.7 Å². The summed E-state index contributed by atoms with van der Waals surface area (Å²) < 4.78 is 0. The van der Waals surface area contributed by atoms with E-state index in [-0.39, 0.29) is 5.38 Å². The summed E-state index contributed by atoms with van der Waals surface area (Å²) in [7, 11) is 0. The van der Waals surface area contributed by atoms with Crippen molar-refractivity contribution in [3.05, 3.63) is 11.6 Å². The van der Waals surface area contributed by atoms with Gasteiger partial charge in [0, 0.05) is 18.5 Å². The normalized spacial score (nSPS) is 23.0. The van der Waals surface area contributed by atoms with E-state index in [9.17, 15) is 10.2 Å². The van der Waals surface area contributed by atoms with Crippen molar-refractivity contribution in [1.29, 1.82) is 0 Å². The molecule has 0 aromatic heterocycles. The molecule has 0 heterocycles. The first-order valence-electron chi connectivity index (χ1n) is 7.87. The predicted molar refractivity (Wildman–Crippen MR) is 84.9 cm³/mol. The molecule has 118 valence electrons. The van der Waals surface area contributed by atoms with Crippen LogP contribution < -0.4 is 0 Å². The Labute approximate surface area is 128 Å². The molecular weight excluding hydrogens is 274 g/mol. The molecule has 0 spiro atoms. The van der Waals surface area contributed by atoms with Crippen LogP contribution >= 0.6 is 11.6 Å². The standard InChI is InChI=1S/C16H30ClNO2/c1-4-16(20)18(11-12(2)3)10-9-15(19)13-5-7-14(17)8-6-13/h5,12,14-16,19-20H,4,6-11H2,1-3H3. The smallest absolute Gasteiger partial charge is 0.107 e. The lowest BCUT2D eigenvalue weighted by molar-refractivity contribution is -0.0119. The molecule has 0 saturated heterocycles. The molecule has 0 aromatic carbocycles. The van der Waals surface area contributed by atoms with Gasteiger partial charge in [-0.05, 0) is 43.6 Å². The van der Waals surface area contributed by atoms with Crippen LogP contribution in [0, 0.1) is 5.92 Å². The van der Waals surface area contributed by atoms with E-state index in [1.54, 1.807) is 0 Å². The molecule has 1 rings (SSSR count). The van der Waals surface area contributed by atoms with E-state index in [4.69, 9.17) is 11.6 Å². The van der Waals surface area contributed by atoms with Crippen molar-refractivity contribution < 1.29 is 10.2 Å². The lowest BCUT2D eigenvalue weighted by Crippen LogP contribution is -2.39. The third-order valence-electron chi connectivity index (χ3n) is 3.89. The molecule has 3 atom stereocenters. The van der Waals surface area contributed by atoms with Gasteiger partial charge in [0.1, 0.15) is 6.23 Å². The fourth-order valence-corrected chi connectivity index (χ4v) is 2.89. The van der Waals surface area contributed by atoms with Gasteiger partial charge in [0.25, 0.3) is 0 Å². The van der Waals surface area contributed by atoms with Gasteiger partial charge in [-0.15, -0.1) is 11.6 Å². The highest BCUT2D eigenvalue weighted by Crippen LogP contribution is 2.25. The van der Waals surface area contributed by atoms with Crippen molar-refractivity contribution >= 4 is 11.6 Å². The van der Waals surface area contributed by atoms with Gasteiger partial charge >= 0.3 is 0 Å². The van der Waals surface area contributed by atoms with E-state index in [1.165, 1.54) is 0 Å². The van der Waals surface area contributed by atoms with E-state index in [2.05, 4.69) is 24.8 Å². The molecule has 0 radical (unpaired) electrons. The summed E-state index contributed by atoms with van der Waals surface area (Å²) in [5, 5.41) is 20.5. The number of hydrogen-bond donors (Lipinski definition) is 2.